The van der Waals surface area contributed by atoms with Crippen molar-refractivity contribution in [3.05, 3.63) is 41.9 Å². The Balaban J connectivity index is 2.47. The summed E-state index contributed by atoms with van der Waals surface area (Å²) in [6, 6.07) is 5.55. The molecule has 1 aromatic carbocycles. The van der Waals surface area contributed by atoms with Crippen LogP contribution in [0.25, 0.3) is 11.4 Å². The lowest BCUT2D eigenvalue weighted by atomic mass is 10.2. The van der Waals surface area contributed by atoms with Gasteiger partial charge in [0.1, 0.15) is 18.0 Å². The van der Waals surface area contributed by atoms with Crippen LogP contribution >= 0.6 is 0 Å². The second-order valence-corrected chi connectivity index (χ2v) is 7.61. The van der Waals surface area contributed by atoms with E-state index in [1.54, 1.807) is 0 Å². The zero-order valence-corrected chi connectivity index (χ0v) is 15.9. The number of halogens is 3. The minimum atomic E-state index is -4.85. The Bertz CT molecular complexity index is 1070. The average Bonchev–Trinajstić information content (AvgIpc) is 3.13. The largest absolute Gasteiger partial charge is 0.468 e. The summed E-state index contributed by atoms with van der Waals surface area (Å²) in [5, 5.41) is 3.62. The first-order valence-corrected chi connectivity index (χ1v) is 9.61. The number of sulfone groups is 1. The van der Waals surface area contributed by atoms with Crippen molar-refractivity contribution in [2.75, 3.05) is 19.9 Å². The van der Waals surface area contributed by atoms with Crippen LogP contribution < -0.4 is 5.73 Å². The number of aromatic nitrogens is 2. The topological polar surface area (TPSA) is 138 Å². The molecule has 0 amide bonds. The molecule has 1 aromatic heterocycles. The molecule has 2 N–H and O–H groups in total. The van der Waals surface area contributed by atoms with E-state index in [2.05, 4.69) is 19.9 Å². The van der Waals surface area contributed by atoms with Crippen molar-refractivity contribution >= 4 is 21.5 Å². The fourth-order valence-corrected chi connectivity index (χ4v) is 2.60. The SMILES string of the molecule is COC(=O)CN=C(C=C(N)C(F)(F)F)c1nc(-c2cccc(S(C)(=O)=O)c2)no1. The number of aliphatic imine (C=N–C) groups is 1. The minimum absolute atomic E-state index is 0.0119. The first-order valence-electron chi connectivity index (χ1n) is 7.72. The van der Waals surface area contributed by atoms with Crippen molar-refractivity contribution in [1.29, 1.82) is 0 Å². The molecule has 0 aliphatic carbocycles. The van der Waals surface area contributed by atoms with Gasteiger partial charge in [-0.2, -0.15) is 18.2 Å². The van der Waals surface area contributed by atoms with E-state index in [-0.39, 0.29) is 16.3 Å². The van der Waals surface area contributed by atoms with E-state index in [1.807, 2.05) is 0 Å². The average molecular weight is 432 g/mol. The predicted octanol–water partition coefficient (Wildman–Crippen LogP) is 1.51. The number of ether oxygens (including phenoxy) is 1. The number of rotatable bonds is 6. The van der Waals surface area contributed by atoms with Gasteiger partial charge < -0.3 is 15.0 Å². The van der Waals surface area contributed by atoms with Gasteiger partial charge in [-0.05, 0) is 18.2 Å². The van der Waals surface area contributed by atoms with Crippen molar-refractivity contribution in [1.82, 2.24) is 10.1 Å². The number of carbonyl (C=O) groups is 1. The van der Waals surface area contributed by atoms with E-state index in [0.29, 0.717) is 6.08 Å². The quantitative estimate of drug-likeness (QED) is 0.536. The number of carbonyl (C=O) groups excluding carboxylic acids is 1. The van der Waals surface area contributed by atoms with Crippen LogP contribution in [0.3, 0.4) is 0 Å². The van der Waals surface area contributed by atoms with Gasteiger partial charge in [0.2, 0.25) is 5.82 Å². The third kappa shape index (κ3) is 5.88. The maximum absolute atomic E-state index is 12.8. The number of nitrogens with two attached hydrogens (primary N) is 1. The number of esters is 1. The van der Waals surface area contributed by atoms with Gasteiger partial charge in [0.25, 0.3) is 5.89 Å². The Morgan fingerprint density at radius 1 is 1.38 bits per heavy atom. The third-order valence-corrected chi connectivity index (χ3v) is 4.50. The predicted molar refractivity (Wildman–Crippen MR) is 94.6 cm³/mol. The molecule has 0 saturated heterocycles. The smallest absolute Gasteiger partial charge is 0.430 e. The molecule has 0 bridgehead atoms. The number of hydrogen-bond donors (Lipinski definition) is 1. The Morgan fingerprint density at radius 2 is 2.07 bits per heavy atom. The number of allylic oxidation sites excluding steroid dienone is 2. The Labute approximate surface area is 163 Å². The summed E-state index contributed by atoms with van der Waals surface area (Å²) in [7, 11) is -2.43. The maximum Gasteiger partial charge on any atom is 0.430 e. The monoisotopic (exact) mass is 432 g/mol. The molecule has 0 aliphatic heterocycles. The molecule has 29 heavy (non-hydrogen) atoms. The highest BCUT2D eigenvalue weighted by molar-refractivity contribution is 7.90. The molecule has 1 heterocycles. The Kier molecular flexibility index (Phi) is 6.41. The summed E-state index contributed by atoms with van der Waals surface area (Å²) in [6.07, 6.45) is -3.40. The van der Waals surface area contributed by atoms with Gasteiger partial charge in [0.05, 0.1) is 12.0 Å². The van der Waals surface area contributed by atoms with Gasteiger partial charge in [0.15, 0.2) is 9.84 Å². The summed E-state index contributed by atoms with van der Waals surface area (Å²) >= 11 is 0. The van der Waals surface area contributed by atoms with Crippen LogP contribution in [0.1, 0.15) is 5.89 Å². The number of alkyl halides is 3. The lowest BCUT2D eigenvalue weighted by molar-refractivity contribution is -0.138. The zero-order chi connectivity index (χ0) is 21.8. The Hall–Kier alpha value is -3.22. The van der Waals surface area contributed by atoms with Crippen LogP contribution in [0, 0.1) is 0 Å². The number of benzene rings is 1. The van der Waals surface area contributed by atoms with E-state index in [0.717, 1.165) is 13.4 Å². The molecule has 156 valence electrons. The molecule has 0 atom stereocenters. The van der Waals surface area contributed by atoms with Crippen LogP contribution in [-0.2, 0) is 19.4 Å². The van der Waals surface area contributed by atoms with Crippen LogP contribution in [0.5, 0.6) is 0 Å². The van der Waals surface area contributed by atoms with Crippen molar-refractivity contribution < 1.29 is 35.6 Å². The molecule has 0 unspecified atom stereocenters. The molecule has 13 heteroatoms. The zero-order valence-electron chi connectivity index (χ0n) is 15.1. The van der Waals surface area contributed by atoms with E-state index in [9.17, 15) is 26.4 Å². The summed E-state index contributed by atoms with van der Waals surface area (Å²) < 4.78 is 70.9. The number of hydrogen-bond acceptors (Lipinski definition) is 9. The minimum Gasteiger partial charge on any atom is -0.468 e. The molecule has 2 rings (SSSR count). The molecule has 2 aromatic rings. The van der Waals surface area contributed by atoms with Gasteiger partial charge in [-0.1, -0.05) is 17.3 Å². The lowest BCUT2D eigenvalue weighted by Crippen LogP contribution is -2.21. The summed E-state index contributed by atoms with van der Waals surface area (Å²) in [6.45, 7) is -0.616. The van der Waals surface area contributed by atoms with Gasteiger partial charge in [-0.25, -0.2) is 8.42 Å². The van der Waals surface area contributed by atoms with E-state index in [4.69, 9.17) is 10.3 Å². The summed E-state index contributed by atoms with van der Waals surface area (Å²) in [4.78, 5) is 18.8. The van der Waals surface area contributed by atoms with Crippen LogP contribution in [-0.4, -0.2) is 56.3 Å². The van der Waals surface area contributed by atoms with Crippen molar-refractivity contribution in [2.24, 2.45) is 10.7 Å². The molecular weight excluding hydrogens is 417 g/mol. The highest BCUT2D eigenvalue weighted by Crippen LogP contribution is 2.23. The standard InChI is InChI=1S/C16H15F3N4O5S/c1-27-13(24)8-21-11(7-12(20)16(17,18)19)15-22-14(23-28-15)9-4-3-5-10(6-9)29(2,25)26/h3-7H,8,20H2,1-2H3. The highest BCUT2D eigenvalue weighted by atomic mass is 32.2. The molecule has 0 fully saturated rings. The van der Waals surface area contributed by atoms with Crippen LogP contribution in [0.2, 0.25) is 0 Å². The lowest BCUT2D eigenvalue weighted by Gasteiger charge is -2.06. The molecular formula is C16H15F3N4O5S. The van der Waals surface area contributed by atoms with Gasteiger partial charge in [0, 0.05) is 11.8 Å². The van der Waals surface area contributed by atoms with Gasteiger partial charge >= 0.3 is 12.1 Å². The molecule has 0 aliphatic rings. The molecule has 0 spiro atoms. The second kappa shape index (κ2) is 8.43. The fraction of sp³-hybridized carbons (Fsp3) is 0.250. The molecule has 0 radical (unpaired) electrons. The Morgan fingerprint density at radius 3 is 2.66 bits per heavy atom. The first-order chi connectivity index (χ1) is 13.4. The maximum atomic E-state index is 12.8. The van der Waals surface area contributed by atoms with Gasteiger partial charge in [-0.15, -0.1) is 0 Å². The van der Waals surface area contributed by atoms with Crippen molar-refractivity contribution in [2.45, 2.75) is 11.1 Å². The van der Waals surface area contributed by atoms with E-state index >= 15 is 0 Å². The summed E-state index contributed by atoms with van der Waals surface area (Å²) in [5.41, 5.74) is 3.24. The first kappa shape index (κ1) is 22.1. The van der Waals surface area contributed by atoms with Crippen molar-refractivity contribution in [3.8, 4) is 11.4 Å². The summed E-state index contributed by atoms with van der Waals surface area (Å²) in [5.74, 6) is -1.38. The van der Waals surface area contributed by atoms with Crippen molar-refractivity contribution in [3.63, 3.8) is 0 Å². The number of nitrogens with zero attached hydrogens (tertiary/aromatic N) is 3. The third-order valence-electron chi connectivity index (χ3n) is 3.39. The van der Waals surface area contributed by atoms with Crippen LogP contribution in [0.4, 0.5) is 13.2 Å². The van der Waals surface area contributed by atoms with E-state index in [1.165, 1.54) is 24.3 Å². The van der Waals surface area contributed by atoms with Gasteiger partial charge in [-0.3, -0.25) is 9.79 Å². The van der Waals surface area contributed by atoms with E-state index < -0.39 is 45.8 Å². The molecule has 0 saturated carbocycles. The second-order valence-electron chi connectivity index (χ2n) is 5.60. The van der Waals surface area contributed by atoms with Crippen LogP contribution in [0.15, 0.2) is 50.4 Å². The molecule has 9 nitrogen and oxygen atoms in total. The number of methoxy groups -OCH3 is 1. The normalized spacial score (nSPS) is 13.4. The highest BCUT2D eigenvalue weighted by Gasteiger charge is 2.32. The fourth-order valence-electron chi connectivity index (χ4n) is 1.93.